The summed E-state index contributed by atoms with van der Waals surface area (Å²) in [4.78, 5) is 10.6. The highest BCUT2D eigenvalue weighted by molar-refractivity contribution is 6.29. The van der Waals surface area contributed by atoms with Gasteiger partial charge in [-0.15, -0.1) is 0 Å². The second-order valence-electron chi connectivity index (χ2n) is 4.86. The Balaban J connectivity index is 1.98. The Labute approximate surface area is 130 Å². The Bertz CT molecular complexity index is 579. The van der Waals surface area contributed by atoms with Crippen molar-refractivity contribution in [1.82, 2.24) is 15.2 Å². The van der Waals surface area contributed by atoms with Gasteiger partial charge in [-0.25, -0.2) is 9.98 Å². The van der Waals surface area contributed by atoms with Gasteiger partial charge in [-0.05, 0) is 17.2 Å². The molecule has 0 aliphatic rings. The number of benzene rings is 1. The summed E-state index contributed by atoms with van der Waals surface area (Å²) in [5.41, 5.74) is 2.25. The normalized spacial score (nSPS) is 11.3. The molecule has 0 fully saturated rings. The summed E-state index contributed by atoms with van der Waals surface area (Å²) >= 11 is 5.77. The molecule has 0 saturated carbocycles. The highest BCUT2D eigenvalue weighted by Gasteiger charge is 2.02. The van der Waals surface area contributed by atoms with Crippen molar-refractivity contribution in [3.8, 4) is 0 Å². The lowest BCUT2D eigenvalue weighted by Gasteiger charge is -2.17. The van der Waals surface area contributed by atoms with E-state index < -0.39 is 0 Å². The van der Waals surface area contributed by atoms with Crippen molar-refractivity contribution in [2.24, 2.45) is 4.99 Å². The fourth-order valence-corrected chi connectivity index (χ4v) is 1.91. The summed E-state index contributed by atoms with van der Waals surface area (Å²) in [5, 5.41) is 3.84. The minimum absolute atomic E-state index is 0.498. The molecule has 1 heterocycles. The van der Waals surface area contributed by atoms with Crippen LogP contribution in [0.25, 0.3) is 0 Å². The number of nitrogens with one attached hydrogen (secondary N) is 1. The second-order valence-corrected chi connectivity index (χ2v) is 5.25. The minimum Gasteiger partial charge on any atom is -0.352 e. The van der Waals surface area contributed by atoms with Crippen molar-refractivity contribution in [2.45, 2.75) is 13.1 Å². The van der Waals surface area contributed by atoms with Crippen LogP contribution < -0.4 is 5.32 Å². The van der Waals surface area contributed by atoms with Gasteiger partial charge in [0, 0.05) is 26.8 Å². The van der Waals surface area contributed by atoms with Gasteiger partial charge in [0.1, 0.15) is 5.15 Å². The zero-order chi connectivity index (χ0) is 15.1. The van der Waals surface area contributed by atoms with Gasteiger partial charge in [-0.3, -0.25) is 0 Å². The minimum atomic E-state index is 0.498. The van der Waals surface area contributed by atoms with E-state index in [2.05, 4.69) is 27.4 Å². The van der Waals surface area contributed by atoms with Gasteiger partial charge >= 0.3 is 0 Å². The molecule has 1 aromatic heterocycles. The lowest BCUT2D eigenvalue weighted by molar-refractivity contribution is 0.578. The maximum atomic E-state index is 5.77. The zero-order valence-electron chi connectivity index (χ0n) is 12.3. The summed E-state index contributed by atoms with van der Waals surface area (Å²) in [6.07, 6.45) is 1.75. The van der Waals surface area contributed by atoms with Gasteiger partial charge in [-0.2, -0.15) is 0 Å². The van der Waals surface area contributed by atoms with E-state index in [4.69, 9.17) is 11.6 Å². The van der Waals surface area contributed by atoms with Crippen LogP contribution >= 0.6 is 11.6 Å². The van der Waals surface area contributed by atoms with E-state index in [1.54, 1.807) is 12.3 Å². The Morgan fingerprint density at radius 1 is 1.14 bits per heavy atom. The first-order chi connectivity index (χ1) is 10.1. The van der Waals surface area contributed by atoms with Crippen LogP contribution in [0.15, 0.2) is 53.7 Å². The lowest BCUT2D eigenvalue weighted by atomic mass is 10.2. The predicted octanol–water partition coefficient (Wildman–Crippen LogP) is 2.94. The van der Waals surface area contributed by atoms with Crippen LogP contribution in [0.2, 0.25) is 5.15 Å². The zero-order valence-corrected chi connectivity index (χ0v) is 13.0. The van der Waals surface area contributed by atoms with E-state index in [0.717, 1.165) is 18.1 Å². The number of nitrogens with zero attached hydrogens (tertiary/aromatic N) is 3. The van der Waals surface area contributed by atoms with Crippen LogP contribution in [0.5, 0.6) is 0 Å². The molecule has 0 bridgehead atoms. The Hall–Kier alpha value is -2.07. The molecule has 1 N–H and O–H groups in total. The number of guanidine groups is 1. The van der Waals surface area contributed by atoms with Crippen LogP contribution in [-0.2, 0) is 13.1 Å². The van der Waals surface area contributed by atoms with E-state index in [9.17, 15) is 0 Å². The third-order valence-electron chi connectivity index (χ3n) is 2.92. The van der Waals surface area contributed by atoms with Crippen LogP contribution in [0.4, 0.5) is 0 Å². The average Bonchev–Trinajstić information content (AvgIpc) is 2.49. The molecular weight excluding hydrogens is 284 g/mol. The maximum absolute atomic E-state index is 5.77. The molecule has 5 heteroatoms. The molecule has 1 aromatic carbocycles. The van der Waals surface area contributed by atoms with E-state index >= 15 is 0 Å². The van der Waals surface area contributed by atoms with Crippen molar-refractivity contribution in [3.05, 3.63) is 64.9 Å². The Kier molecular flexibility index (Phi) is 5.58. The number of halogens is 1. The van der Waals surface area contributed by atoms with Crippen LogP contribution in [0.3, 0.4) is 0 Å². The molecule has 0 aliphatic carbocycles. The fraction of sp³-hybridized carbons (Fsp3) is 0.250. The number of hydrogen-bond acceptors (Lipinski definition) is 2. The molecule has 0 unspecified atom stereocenters. The second kappa shape index (κ2) is 7.64. The van der Waals surface area contributed by atoms with Gasteiger partial charge in [0.25, 0.3) is 0 Å². The summed E-state index contributed by atoms with van der Waals surface area (Å²) in [7, 11) is 3.94. The van der Waals surface area contributed by atoms with Crippen LogP contribution in [0.1, 0.15) is 11.1 Å². The van der Waals surface area contributed by atoms with E-state index in [0.29, 0.717) is 11.7 Å². The van der Waals surface area contributed by atoms with Gasteiger partial charge in [0.15, 0.2) is 5.96 Å². The van der Waals surface area contributed by atoms with Gasteiger partial charge < -0.3 is 10.2 Å². The van der Waals surface area contributed by atoms with Crippen LogP contribution in [-0.4, -0.2) is 29.9 Å². The summed E-state index contributed by atoms with van der Waals surface area (Å²) < 4.78 is 0. The molecule has 0 spiro atoms. The molecule has 0 aliphatic heterocycles. The summed E-state index contributed by atoms with van der Waals surface area (Å²) in [5.74, 6) is 0.841. The van der Waals surface area contributed by atoms with Crippen LogP contribution in [0, 0.1) is 0 Å². The first-order valence-electron chi connectivity index (χ1n) is 6.75. The molecular formula is C16H19ClN4. The monoisotopic (exact) mass is 302 g/mol. The first kappa shape index (κ1) is 15.3. The van der Waals surface area contributed by atoms with Gasteiger partial charge in [-0.1, -0.05) is 48.0 Å². The summed E-state index contributed by atoms with van der Waals surface area (Å²) in [6, 6.07) is 14.0. The largest absolute Gasteiger partial charge is 0.352 e. The maximum Gasteiger partial charge on any atom is 0.194 e. The highest BCUT2D eigenvalue weighted by atomic mass is 35.5. The number of pyridine rings is 1. The highest BCUT2D eigenvalue weighted by Crippen LogP contribution is 2.06. The average molecular weight is 303 g/mol. The van der Waals surface area contributed by atoms with Crippen molar-refractivity contribution in [1.29, 1.82) is 0 Å². The topological polar surface area (TPSA) is 40.5 Å². The number of aromatic nitrogens is 1. The van der Waals surface area contributed by atoms with Gasteiger partial charge in [0.2, 0.25) is 0 Å². The predicted molar refractivity (Wildman–Crippen MR) is 87.4 cm³/mol. The molecule has 110 valence electrons. The number of aliphatic imine (C=N–C) groups is 1. The third-order valence-corrected chi connectivity index (χ3v) is 3.14. The van der Waals surface area contributed by atoms with Crippen molar-refractivity contribution < 1.29 is 0 Å². The summed E-state index contributed by atoms with van der Waals surface area (Å²) in [6.45, 7) is 1.32. The first-order valence-corrected chi connectivity index (χ1v) is 7.13. The van der Waals surface area contributed by atoms with Crippen molar-refractivity contribution in [2.75, 3.05) is 14.1 Å². The molecule has 2 rings (SSSR count). The molecule has 0 atom stereocenters. The van der Waals surface area contributed by atoms with E-state index in [1.807, 2.05) is 43.3 Å². The molecule has 4 nitrogen and oxygen atoms in total. The molecule has 0 amide bonds. The molecule has 2 aromatic rings. The quantitative estimate of drug-likeness (QED) is 0.536. The smallest absolute Gasteiger partial charge is 0.194 e. The van der Waals surface area contributed by atoms with Crippen molar-refractivity contribution >= 4 is 17.6 Å². The Morgan fingerprint density at radius 2 is 1.90 bits per heavy atom. The number of rotatable bonds is 4. The van der Waals surface area contributed by atoms with E-state index in [1.165, 1.54) is 5.56 Å². The SMILES string of the molecule is CN(C)C(=NCc1ccc(Cl)nc1)NCc1ccccc1. The number of hydrogen-bond donors (Lipinski definition) is 1. The molecule has 21 heavy (non-hydrogen) atoms. The molecule has 0 saturated heterocycles. The third kappa shape index (κ3) is 5.08. The fourth-order valence-electron chi connectivity index (χ4n) is 1.80. The van der Waals surface area contributed by atoms with E-state index in [-0.39, 0.29) is 0 Å². The van der Waals surface area contributed by atoms with Crippen molar-refractivity contribution in [3.63, 3.8) is 0 Å². The molecule has 0 radical (unpaired) electrons. The lowest BCUT2D eigenvalue weighted by Crippen LogP contribution is -2.36. The Morgan fingerprint density at radius 3 is 2.52 bits per heavy atom. The standard InChI is InChI=1S/C16H19ClN4/c1-21(2)16(19-10-13-6-4-3-5-7-13)20-12-14-8-9-15(17)18-11-14/h3-9,11H,10,12H2,1-2H3,(H,19,20). The van der Waals surface area contributed by atoms with Gasteiger partial charge in [0.05, 0.1) is 6.54 Å².